The molecule has 0 radical (unpaired) electrons. The average molecular weight is 304 g/mol. The normalized spacial score (nSPS) is 10.9. The number of pyridine rings is 1. The summed E-state index contributed by atoms with van der Waals surface area (Å²) in [6.45, 7) is 2.59. The highest BCUT2D eigenvalue weighted by atomic mass is 19.1. The molecular weight excluding hydrogens is 283 g/mol. The van der Waals surface area contributed by atoms with Crippen LogP contribution < -0.4 is 5.32 Å². The van der Waals surface area contributed by atoms with Crippen LogP contribution in [0.25, 0.3) is 10.9 Å². The summed E-state index contributed by atoms with van der Waals surface area (Å²) in [5.41, 5.74) is 1.80. The van der Waals surface area contributed by atoms with Gasteiger partial charge in [-0.25, -0.2) is 4.39 Å². The third-order valence-corrected chi connectivity index (χ3v) is 3.51. The molecule has 0 saturated heterocycles. The van der Waals surface area contributed by atoms with E-state index in [1.807, 2.05) is 6.92 Å². The predicted molar refractivity (Wildman–Crippen MR) is 84.3 cm³/mol. The molecule has 0 aliphatic rings. The fourth-order valence-electron chi connectivity index (χ4n) is 2.41. The minimum absolute atomic E-state index is 0.205. The minimum Gasteiger partial charge on any atom is -0.396 e. The van der Waals surface area contributed by atoms with E-state index in [4.69, 9.17) is 5.11 Å². The molecule has 0 spiro atoms. The van der Waals surface area contributed by atoms with Gasteiger partial charge in [-0.2, -0.15) is 0 Å². The van der Waals surface area contributed by atoms with Gasteiger partial charge in [-0.1, -0.05) is 12.8 Å². The van der Waals surface area contributed by atoms with Crippen molar-refractivity contribution in [1.82, 2.24) is 10.3 Å². The van der Waals surface area contributed by atoms with Gasteiger partial charge in [0.2, 0.25) is 0 Å². The number of aromatic nitrogens is 1. The number of nitrogens with zero attached hydrogens (tertiary/aromatic N) is 1. The van der Waals surface area contributed by atoms with Gasteiger partial charge in [-0.15, -0.1) is 0 Å². The van der Waals surface area contributed by atoms with Crippen LogP contribution in [0.4, 0.5) is 4.39 Å². The number of carbonyl (C=O) groups is 1. The zero-order valence-electron chi connectivity index (χ0n) is 12.7. The van der Waals surface area contributed by atoms with Gasteiger partial charge in [0, 0.05) is 24.2 Å². The maximum absolute atomic E-state index is 13.4. The van der Waals surface area contributed by atoms with Crippen LogP contribution in [0.15, 0.2) is 24.3 Å². The number of hydrogen-bond donors (Lipinski definition) is 2. The van der Waals surface area contributed by atoms with Gasteiger partial charge in [-0.3, -0.25) is 9.78 Å². The first-order chi connectivity index (χ1) is 10.6. The highest BCUT2D eigenvalue weighted by Crippen LogP contribution is 2.19. The number of hydrogen-bond acceptors (Lipinski definition) is 3. The average Bonchev–Trinajstić information content (AvgIpc) is 2.50. The van der Waals surface area contributed by atoms with E-state index in [1.165, 1.54) is 12.1 Å². The second-order valence-corrected chi connectivity index (χ2v) is 5.37. The lowest BCUT2D eigenvalue weighted by atomic mass is 10.1. The summed E-state index contributed by atoms with van der Waals surface area (Å²) in [7, 11) is 0. The second-order valence-electron chi connectivity index (χ2n) is 5.37. The Morgan fingerprint density at radius 1 is 1.23 bits per heavy atom. The number of nitrogens with one attached hydrogen (secondary N) is 1. The molecule has 22 heavy (non-hydrogen) atoms. The van der Waals surface area contributed by atoms with E-state index in [1.54, 1.807) is 12.1 Å². The zero-order valence-corrected chi connectivity index (χ0v) is 12.7. The van der Waals surface area contributed by atoms with Gasteiger partial charge < -0.3 is 10.4 Å². The van der Waals surface area contributed by atoms with Crippen LogP contribution in [-0.4, -0.2) is 29.1 Å². The molecule has 1 aromatic carbocycles. The number of aliphatic hydroxyl groups excluding tert-OH is 1. The van der Waals surface area contributed by atoms with Gasteiger partial charge in [0.25, 0.3) is 5.91 Å². The van der Waals surface area contributed by atoms with Gasteiger partial charge in [-0.05, 0) is 44.0 Å². The van der Waals surface area contributed by atoms with Crippen molar-refractivity contribution in [3.8, 4) is 0 Å². The maximum atomic E-state index is 13.4. The number of unbranched alkanes of at least 4 members (excludes halogenated alkanes) is 3. The molecule has 0 unspecified atom stereocenters. The van der Waals surface area contributed by atoms with Crippen molar-refractivity contribution in [2.24, 2.45) is 0 Å². The first kappa shape index (κ1) is 16.4. The number of carbonyl (C=O) groups excluding carboxylic acids is 1. The van der Waals surface area contributed by atoms with Crippen LogP contribution in [0.2, 0.25) is 0 Å². The minimum atomic E-state index is -0.379. The summed E-state index contributed by atoms with van der Waals surface area (Å²) in [6.07, 6.45) is 3.57. The quantitative estimate of drug-likeness (QED) is 0.773. The number of aryl methyl sites for hydroxylation is 1. The topological polar surface area (TPSA) is 62.2 Å². The van der Waals surface area contributed by atoms with Crippen LogP contribution in [-0.2, 0) is 0 Å². The van der Waals surface area contributed by atoms with E-state index < -0.39 is 0 Å². The summed E-state index contributed by atoms with van der Waals surface area (Å²) in [4.78, 5) is 16.6. The van der Waals surface area contributed by atoms with E-state index in [0.29, 0.717) is 23.0 Å². The maximum Gasteiger partial charge on any atom is 0.252 e. The van der Waals surface area contributed by atoms with E-state index in [2.05, 4.69) is 10.3 Å². The van der Waals surface area contributed by atoms with E-state index >= 15 is 0 Å². The van der Waals surface area contributed by atoms with Crippen molar-refractivity contribution >= 4 is 16.8 Å². The second kappa shape index (κ2) is 7.84. The highest BCUT2D eigenvalue weighted by Gasteiger charge is 2.12. The molecule has 2 rings (SSSR count). The molecule has 2 aromatic rings. The molecule has 0 aliphatic heterocycles. The fourth-order valence-corrected chi connectivity index (χ4v) is 2.41. The lowest BCUT2D eigenvalue weighted by Crippen LogP contribution is -2.25. The van der Waals surface area contributed by atoms with Crippen molar-refractivity contribution in [2.75, 3.05) is 13.2 Å². The van der Waals surface area contributed by atoms with Crippen LogP contribution in [0.3, 0.4) is 0 Å². The summed E-state index contributed by atoms with van der Waals surface area (Å²) >= 11 is 0. The van der Waals surface area contributed by atoms with Crippen molar-refractivity contribution in [3.05, 3.63) is 41.3 Å². The number of fused-ring (bicyclic) bond motifs is 1. The molecule has 0 aliphatic carbocycles. The Balaban J connectivity index is 2.06. The van der Waals surface area contributed by atoms with E-state index in [9.17, 15) is 9.18 Å². The molecule has 0 atom stereocenters. The number of amides is 1. The van der Waals surface area contributed by atoms with Crippen molar-refractivity contribution in [3.63, 3.8) is 0 Å². The van der Waals surface area contributed by atoms with Crippen molar-refractivity contribution in [2.45, 2.75) is 32.6 Å². The lowest BCUT2D eigenvalue weighted by molar-refractivity contribution is 0.0954. The number of rotatable bonds is 7. The zero-order chi connectivity index (χ0) is 15.9. The van der Waals surface area contributed by atoms with Gasteiger partial charge in [0.1, 0.15) is 5.82 Å². The molecule has 0 saturated carbocycles. The summed E-state index contributed by atoms with van der Waals surface area (Å²) in [6, 6.07) is 5.96. The van der Waals surface area contributed by atoms with Crippen LogP contribution >= 0.6 is 0 Å². The number of halogens is 1. The highest BCUT2D eigenvalue weighted by molar-refractivity contribution is 6.06. The standard InChI is InChI=1S/C17H21FN2O2/c1-12-10-15(14-11-13(18)6-7-16(14)20-12)17(22)19-8-4-2-3-5-9-21/h6-7,10-11,21H,2-5,8-9H2,1H3,(H,19,22). The van der Waals surface area contributed by atoms with Crippen molar-refractivity contribution < 1.29 is 14.3 Å². The monoisotopic (exact) mass is 304 g/mol. The summed E-state index contributed by atoms with van der Waals surface area (Å²) in [5.74, 6) is -0.584. The molecule has 5 heteroatoms. The van der Waals surface area contributed by atoms with Gasteiger partial charge >= 0.3 is 0 Å². The Labute approximate surface area is 129 Å². The summed E-state index contributed by atoms with van der Waals surface area (Å²) < 4.78 is 13.4. The van der Waals surface area contributed by atoms with E-state index in [0.717, 1.165) is 31.4 Å². The molecular formula is C17H21FN2O2. The fraction of sp³-hybridized carbons (Fsp3) is 0.412. The molecule has 4 nitrogen and oxygen atoms in total. The summed E-state index contributed by atoms with van der Waals surface area (Å²) in [5, 5.41) is 12.1. The SMILES string of the molecule is Cc1cc(C(=O)NCCCCCCO)c2cc(F)ccc2n1. The predicted octanol–water partition coefficient (Wildman–Crippen LogP) is 2.96. The first-order valence-electron chi connectivity index (χ1n) is 7.58. The molecule has 0 fully saturated rings. The molecule has 1 heterocycles. The van der Waals surface area contributed by atoms with Crippen LogP contribution in [0.5, 0.6) is 0 Å². The largest absolute Gasteiger partial charge is 0.396 e. The lowest BCUT2D eigenvalue weighted by Gasteiger charge is -2.09. The van der Waals surface area contributed by atoms with E-state index in [-0.39, 0.29) is 18.3 Å². The number of aliphatic hydroxyl groups is 1. The molecule has 1 amide bonds. The Morgan fingerprint density at radius 2 is 2.00 bits per heavy atom. The molecule has 118 valence electrons. The van der Waals surface area contributed by atoms with Gasteiger partial charge in [0.15, 0.2) is 0 Å². The Bertz CT molecular complexity index is 658. The Hall–Kier alpha value is -2.01. The van der Waals surface area contributed by atoms with Crippen LogP contribution in [0.1, 0.15) is 41.7 Å². The molecule has 2 N–H and O–H groups in total. The smallest absolute Gasteiger partial charge is 0.252 e. The molecule has 0 bridgehead atoms. The van der Waals surface area contributed by atoms with Crippen molar-refractivity contribution in [1.29, 1.82) is 0 Å². The van der Waals surface area contributed by atoms with Crippen LogP contribution in [0, 0.1) is 12.7 Å². The first-order valence-corrected chi connectivity index (χ1v) is 7.58. The van der Waals surface area contributed by atoms with Gasteiger partial charge in [0.05, 0.1) is 11.1 Å². The number of benzene rings is 1. The third kappa shape index (κ3) is 4.24. The molecule has 1 aromatic heterocycles. The Kier molecular flexibility index (Phi) is 5.83. The Morgan fingerprint density at radius 3 is 2.77 bits per heavy atom. The third-order valence-electron chi connectivity index (χ3n) is 3.51.